The zero-order valence-electron chi connectivity index (χ0n) is 18.0. The molecule has 1 aliphatic heterocycles. The second-order valence-electron chi connectivity index (χ2n) is 7.46. The number of carbonyl (C=O) groups is 3. The average molecular weight is 503 g/mol. The van der Waals surface area contributed by atoms with Crippen molar-refractivity contribution in [3.05, 3.63) is 64.1 Å². The first-order valence-corrected chi connectivity index (χ1v) is 11.5. The molecule has 2 aromatic carbocycles. The highest BCUT2D eigenvalue weighted by Crippen LogP contribution is 2.27. The molecule has 170 valence electrons. The number of halogens is 1. The lowest BCUT2D eigenvalue weighted by Gasteiger charge is -2.34. The Balaban J connectivity index is 1.65. The highest BCUT2D eigenvalue weighted by Gasteiger charge is 2.35. The number of nitrogens with one attached hydrogen (secondary N) is 1. The van der Waals surface area contributed by atoms with Crippen molar-refractivity contribution in [1.29, 1.82) is 0 Å². The molecule has 0 saturated carbocycles. The third-order valence-corrected chi connectivity index (χ3v) is 5.71. The van der Waals surface area contributed by atoms with E-state index in [9.17, 15) is 14.4 Å². The second-order valence-corrected chi connectivity index (χ2v) is 8.31. The third kappa shape index (κ3) is 6.32. The van der Waals surface area contributed by atoms with Gasteiger partial charge in [0, 0.05) is 25.1 Å². The minimum absolute atomic E-state index is 0.167. The van der Waals surface area contributed by atoms with Crippen molar-refractivity contribution in [2.75, 3.05) is 26.3 Å². The van der Waals surface area contributed by atoms with E-state index in [2.05, 4.69) is 21.2 Å². The fourth-order valence-corrected chi connectivity index (χ4v) is 3.93. The van der Waals surface area contributed by atoms with Crippen LogP contribution in [0.4, 0.5) is 0 Å². The number of esters is 1. The summed E-state index contributed by atoms with van der Waals surface area (Å²) in [5, 5.41) is 2.72. The van der Waals surface area contributed by atoms with Gasteiger partial charge in [-0.3, -0.25) is 14.4 Å². The standard InChI is InChI=1S/C24H27BrN2O5/c1-2-13-32-22(28)16-20-23(29)26-11-12-27(20)24(30)18-8-9-21(19(25)15-18)31-14-10-17-6-4-3-5-7-17/h3-9,15,20H,2,10-14,16H2,1H3,(H,26,29). The zero-order valence-corrected chi connectivity index (χ0v) is 19.6. The molecule has 1 fully saturated rings. The van der Waals surface area contributed by atoms with Crippen LogP contribution in [0, 0.1) is 0 Å². The van der Waals surface area contributed by atoms with E-state index in [1.165, 1.54) is 10.5 Å². The number of rotatable bonds is 9. The number of piperazine rings is 1. The summed E-state index contributed by atoms with van der Waals surface area (Å²) in [5.74, 6) is -0.522. The minimum atomic E-state index is -0.888. The van der Waals surface area contributed by atoms with Crippen LogP contribution in [-0.2, 0) is 20.7 Å². The van der Waals surface area contributed by atoms with Crippen LogP contribution in [0.15, 0.2) is 53.0 Å². The lowest BCUT2D eigenvalue weighted by Crippen LogP contribution is -2.57. The monoisotopic (exact) mass is 502 g/mol. The number of nitrogens with zero attached hydrogens (tertiary/aromatic N) is 1. The van der Waals surface area contributed by atoms with Gasteiger partial charge in [0.25, 0.3) is 5.91 Å². The zero-order chi connectivity index (χ0) is 22.9. The molecule has 32 heavy (non-hydrogen) atoms. The molecule has 1 saturated heterocycles. The van der Waals surface area contributed by atoms with Crippen LogP contribution >= 0.6 is 15.9 Å². The first-order valence-electron chi connectivity index (χ1n) is 10.7. The van der Waals surface area contributed by atoms with Crippen molar-refractivity contribution in [2.24, 2.45) is 0 Å². The first kappa shape index (κ1) is 23.8. The van der Waals surface area contributed by atoms with E-state index in [0.29, 0.717) is 48.5 Å². The number of ether oxygens (including phenoxy) is 2. The maximum absolute atomic E-state index is 13.1. The average Bonchev–Trinajstić information content (AvgIpc) is 2.80. The van der Waals surface area contributed by atoms with E-state index in [0.717, 1.165) is 6.42 Å². The van der Waals surface area contributed by atoms with Gasteiger partial charge in [0.05, 0.1) is 24.1 Å². The fourth-order valence-electron chi connectivity index (χ4n) is 3.43. The largest absolute Gasteiger partial charge is 0.492 e. The Labute approximate surface area is 196 Å². The van der Waals surface area contributed by atoms with Crippen LogP contribution in [0.3, 0.4) is 0 Å². The molecule has 7 nitrogen and oxygen atoms in total. The van der Waals surface area contributed by atoms with Crippen LogP contribution in [0.2, 0.25) is 0 Å². The Morgan fingerprint density at radius 2 is 1.94 bits per heavy atom. The van der Waals surface area contributed by atoms with Crippen LogP contribution in [0.5, 0.6) is 5.75 Å². The molecule has 0 spiro atoms. The minimum Gasteiger partial charge on any atom is -0.492 e. The molecular weight excluding hydrogens is 476 g/mol. The first-order chi connectivity index (χ1) is 15.5. The number of hydrogen-bond donors (Lipinski definition) is 1. The van der Waals surface area contributed by atoms with Crippen LogP contribution < -0.4 is 10.1 Å². The lowest BCUT2D eigenvalue weighted by atomic mass is 10.1. The molecule has 1 atom stereocenters. The van der Waals surface area contributed by atoms with Crippen molar-refractivity contribution in [3.63, 3.8) is 0 Å². The van der Waals surface area contributed by atoms with Crippen LogP contribution in [-0.4, -0.2) is 55.0 Å². The van der Waals surface area contributed by atoms with Crippen molar-refractivity contribution < 1.29 is 23.9 Å². The molecule has 2 amide bonds. The Kier molecular flexibility index (Phi) is 8.67. The van der Waals surface area contributed by atoms with Gasteiger partial charge in [0.2, 0.25) is 5.91 Å². The van der Waals surface area contributed by atoms with Gasteiger partial charge in [-0.05, 0) is 46.1 Å². The van der Waals surface area contributed by atoms with E-state index in [-0.39, 0.29) is 18.2 Å². The van der Waals surface area contributed by atoms with Crippen molar-refractivity contribution in [3.8, 4) is 5.75 Å². The highest BCUT2D eigenvalue weighted by molar-refractivity contribution is 9.10. The highest BCUT2D eigenvalue weighted by atomic mass is 79.9. The van der Waals surface area contributed by atoms with Gasteiger partial charge >= 0.3 is 5.97 Å². The van der Waals surface area contributed by atoms with Gasteiger partial charge in [-0.2, -0.15) is 0 Å². The third-order valence-electron chi connectivity index (χ3n) is 5.09. The van der Waals surface area contributed by atoms with E-state index in [1.807, 2.05) is 37.3 Å². The predicted octanol–water partition coefficient (Wildman–Crippen LogP) is 3.35. The summed E-state index contributed by atoms with van der Waals surface area (Å²) in [6, 6.07) is 14.2. The summed E-state index contributed by atoms with van der Waals surface area (Å²) in [6.45, 7) is 3.35. The molecular formula is C24H27BrN2O5. The van der Waals surface area contributed by atoms with Gasteiger partial charge in [0.1, 0.15) is 11.8 Å². The summed E-state index contributed by atoms with van der Waals surface area (Å²) in [4.78, 5) is 39.0. The number of benzene rings is 2. The number of hydrogen-bond acceptors (Lipinski definition) is 5. The van der Waals surface area contributed by atoms with Crippen molar-refractivity contribution >= 4 is 33.7 Å². The van der Waals surface area contributed by atoms with Crippen LogP contribution in [0.1, 0.15) is 35.7 Å². The maximum Gasteiger partial charge on any atom is 0.308 e. The van der Waals surface area contributed by atoms with Gasteiger partial charge in [-0.1, -0.05) is 37.3 Å². The molecule has 0 bridgehead atoms. The molecule has 1 aliphatic rings. The summed E-state index contributed by atoms with van der Waals surface area (Å²) in [6.07, 6.45) is 1.30. The number of amides is 2. The topological polar surface area (TPSA) is 84.9 Å². The molecule has 1 N–H and O–H groups in total. The molecule has 1 heterocycles. The molecule has 3 rings (SSSR count). The Morgan fingerprint density at radius 3 is 2.66 bits per heavy atom. The van der Waals surface area contributed by atoms with E-state index < -0.39 is 12.0 Å². The Bertz CT molecular complexity index is 951. The van der Waals surface area contributed by atoms with Gasteiger partial charge < -0.3 is 19.7 Å². The van der Waals surface area contributed by atoms with E-state index in [1.54, 1.807) is 18.2 Å². The van der Waals surface area contributed by atoms with Crippen LogP contribution in [0.25, 0.3) is 0 Å². The van der Waals surface area contributed by atoms with Gasteiger partial charge in [0.15, 0.2) is 0 Å². The number of carbonyl (C=O) groups excluding carboxylic acids is 3. The molecule has 1 unspecified atom stereocenters. The molecule has 2 aromatic rings. The smallest absolute Gasteiger partial charge is 0.308 e. The fraction of sp³-hybridized carbons (Fsp3) is 0.375. The predicted molar refractivity (Wildman–Crippen MR) is 123 cm³/mol. The summed E-state index contributed by atoms with van der Waals surface area (Å²) >= 11 is 3.47. The Morgan fingerprint density at radius 1 is 1.16 bits per heavy atom. The summed E-state index contributed by atoms with van der Waals surface area (Å²) in [5.41, 5.74) is 1.59. The molecule has 8 heteroatoms. The quantitative estimate of drug-likeness (QED) is 0.531. The maximum atomic E-state index is 13.1. The molecule has 0 radical (unpaired) electrons. The van der Waals surface area contributed by atoms with Crippen molar-refractivity contribution in [2.45, 2.75) is 32.2 Å². The van der Waals surface area contributed by atoms with Gasteiger partial charge in [-0.15, -0.1) is 0 Å². The second kappa shape index (κ2) is 11.7. The normalized spacial score (nSPS) is 15.8. The summed E-state index contributed by atoms with van der Waals surface area (Å²) in [7, 11) is 0. The molecule has 0 aromatic heterocycles. The van der Waals surface area contributed by atoms with Gasteiger partial charge in [-0.25, -0.2) is 0 Å². The van der Waals surface area contributed by atoms with E-state index in [4.69, 9.17) is 9.47 Å². The van der Waals surface area contributed by atoms with Crippen molar-refractivity contribution in [1.82, 2.24) is 10.2 Å². The SMILES string of the molecule is CCCOC(=O)CC1C(=O)NCCN1C(=O)c1ccc(OCCc2ccccc2)c(Br)c1. The summed E-state index contributed by atoms with van der Waals surface area (Å²) < 4.78 is 11.6. The molecule has 0 aliphatic carbocycles. The van der Waals surface area contributed by atoms with E-state index >= 15 is 0 Å². The lowest BCUT2D eigenvalue weighted by molar-refractivity contribution is -0.147. The Hall–Kier alpha value is -2.87.